The molecule has 0 aliphatic heterocycles. The molecule has 4 rings (SSSR count). The minimum atomic E-state index is -0.403. The first kappa shape index (κ1) is 17.9. The number of aryl methyl sites for hydroxylation is 1. The Kier molecular flexibility index (Phi) is 4.91. The standard InChI is InChI=1S/C22H17ClN4O/c1-14-9-11-16(12-10-14)24-20-18-7-2-3-8-19(18)26-21(27-20)22(28)25-17-6-4-5-15(23)13-17/h2-13H,1H3,(H,25,28)(H,24,26,27). The number of halogens is 1. The number of carbonyl (C=O) groups is 1. The average Bonchev–Trinajstić information content (AvgIpc) is 2.69. The molecule has 0 aliphatic carbocycles. The van der Waals surface area contributed by atoms with Crippen molar-refractivity contribution in [2.24, 2.45) is 0 Å². The maximum Gasteiger partial charge on any atom is 0.293 e. The molecular weight excluding hydrogens is 372 g/mol. The van der Waals surface area contributed by atoms with E-state index in [1.807, 2.05) is 55.5 Å². The van der Waals surface area contributed by atoms with Crippen LogP contribution in [0.15, 0.2) is 72.8 Å². The van der Waals surface area contributed by atoms with Crippen LogP contribution in [0.25, 0.3) is 10.9 Å². The zero-order valence-corrected chi connectivity index (χ0v) is 15.9. The Balaban J connectivity index is 1.70. The van der Waals surface area contributed by atoms with Crippen LogP contribution in [-0.2, 0) is 0 Å². The number of benzene rings is 3. The number of hydrogen-bond acceptors (Lipinski definition) is 4. The highest BCUT2D eigenvalue weighted by atomic mass is 35.5. The van der Waals surface area contributed by atoms with Gasteiger partial charge in [0.15, 0.2) is 0 Å². The third kappa shape index (κ3) is 3.94. The lowest BCUT2D eigenvalue weighted by molar-refractivity contribution is 0.101. The molecular formula is C22H17ClN4O. The molecule has 28 heavy (non-hydrogen) atoms. The first-order chi connectivity index (χ1) is 13.6. The van der Waals surface area contributed by atoms with Gasteiger partial charge in [-0.25, -0.2) is 9.97 Å². The summed E-state index contributed by atoms with van der Waals surface area (Å²) in [5.41, 5.74) is 3.32. The van der Waals surface area contributed by atoms with Crippen molar-refractivity contribution in [2.75, 3.05) is 10.6 Å². The maximum absolute atomic E-state index is 12.7. The van der Waals surface area contributed by atoms with Gasteiger partial charge in [0.1, 0.15) is 5.82 Å². The molecule has 3 aromatic carbocycles. The van der Waals surface area contributed by atoms with E-state index in [2.05, 4.69) is 20.6 Å². The lowest BCUT2D eigenvalue weighted by Gasteiger charge is -2.11. The van der Waals surface area contributed by atoms with Gasteiger partial charge in [-0.05, 0) is 49.4 Å². The van der Waals surface area contributed by atoms with Crippen molar-refractivity contribution in [2.45, 2.75) is 6.92 Å². The quantitative estimate of drug-likeness (QED) is 0.478. The second-order valence-corrected chi connectivity index (χ2v) is 6.80. The van der Waals surface area contributed by atoms with E-state index in [1.165, 1.54) is 5.56 Å². The summed E-state index contributed by atoms with van der Waals surface area (Å²) in [5.74, 6) is 0.249. The summed E-state index contributed by atoms with van der Waals surface area (Å²) < 4.78 is 0. The minimum absolute atomic E-state index is 0.0771. The van der Waals surface area contributed by atoms with Crippen molar-refractivity contribution in [3.05, 3.63) is 89.2 Å². The highest BCUT2D eigenvalue weighted by Gasteiger charge is 2.14. The van der Waals surface area contributed by atoms with Crippen LogP contribution in [-0.4, -0.2) is 15.9 Å². The van der Waals surface area contributed by atoms with Gasteiger partial charge in [-0.2, -0.15) is 0 Å². The van der Waals surface area contributed by atoms with Gasteiger partial charge in [0, 0.05) is 21.8 Å². The number of nitrogens with one attached hydrogen (secondary N) is 2. The second-order valence-electron chi connectivity index (χ2n) is 6.37. The molecule has 0 atom stereocenters. The second kappa shape index (κ2) is 7.66. The van der Waals surface area contributed by atoms with Crippen LogP contribution in [0.4, 0.5) is 17.2 Å². The zero-order valence-electron chi connectivity index (χ0n) is 15.1. The number of hydrogen-bond donors (Lipinski definition) is 2. The number of nitrogens with zero attached hydrogens (tertiary/aromatic N) is 2. The molecule has 5 nitrogen and oxygen atoms in total. The number of carbonyl (C=O) groups excluding carboxylic acids is 1. The Hall–Kier alpha value is -3.44. The third-order valence-electron chi connectivity index (χ3n) is 4.20. The van der Waals surface area contributed by atoms with E-state index in [-0.39, 0.29) is 5.82 Å². The fourth-order valence-electron chi connectivity index (χ4n) is 2.80. The van der Waals surface area contributed by atoms with Gasteiger partial charge >= 0.3 is 0 Å². The minimum Gasteiger partial charge on any atom is -0.340 e. The van der Waals surface area contributed by atoms with Crippen LogP contribution in [0.3, 0.4) is 0 Å². The first-order valence-corrected chi connectivity index (χ1v) is 9.14. The number of fused-ring (bicyclic) bond motifs is 1. The van der Waals surface area contributed by atoms with E-state index in [0.29, 0.717) is 22.0 Å². The lowest BCUT2D eigenvalue weighted by atomic mass is 10.2. The SMILES string of the molecule is Cc1ccc(Nc2nc(C(=O)Nc3cccc(Cl)c3)nc3ccccc23)cc1. The molecule has 0 saturated heterocycles. The van der Waals surface area contributed by atoms with Gasteiger partial charge in [0.2, 0.25) is 5.82 Å². The summed E-state index contributed by atoms with van der Waals surface area (Å²) in [6.07, 6.45) is 0. The Morgan fingerprint density at radius 1 is 0.893 bits per heavy atom. The van der Waals surface area contributed by atoms with Crippen LogP contribution in [0.2, 0.25) is 5.02 Å². The monoisotopic (exact) mass is 388 g/mol. The van der Waals surface area contributed by atoms with Crippen LogP contribution in [0.1, 0.15) is 16.2 Å². The number of anilines is 3. The highest BCUT2D eigenvalue weighted by molar-refractivity contribution is 6.30. The molecule has 2 N–H and O–H groups in total. The first-order valence-electron chi connectivity index (χ1n) is 8.76. The average molecular weight is 389 g/mol. The molecule has 0 unspecified atom stereocenters. The lowest BCUT2D eigenvalue weighted by Crippen LogP contribution is -2.16. The van der Waals surface area contributed by atoms with Gasteiger partial charge in [0.05, 0.1) is 5.52 Å². The highest BCUT2D eigenvalue weighted by Crippen LogP contribution is 2.24. The van der Waals surface area contributed by atoms with Gasteiger partial charge in [-0.1, -0.05) is 47.5 Å². The van der Waals surface area contributed by atoms with E-state index in [0.717, 1.165) is 11.1 Å². The van der Waals surface area contributed by atoms with E-state index < -0.39 is 5.91 Å². The van der Waals surface area contributed by atoms with E-state index in [1.54, 1.807) is 24.3 Å². The Morgan fingerprint density at radius 2 is 1.68 bits per heavy atom. The molecule has 0 spiro atoms. The Morgan fingerprint density at radius 3 is 2.46 bits per heavy atom. The van der Waals surface area contributed by atoms with E-state index >= 15 is 0 Å². The van der Waals surface area contributed by atoms with Gasteiger partial charge in [-0.15, -0.1) is 0 Å². The molecule has 6 heteroatoms. The van der Waals surface area contributed by atoms with Crippen LogP contribution >= 0.6 is 11.6 Å². The topological polar surface area (TPSA) is 66.9 Å². The molecule has 1 amide bonds. The van der Waals surface area contributed by atoms with Gasteiger partial charge in [0.25, 0.3) is 5.91 Å². The third-order valence-corrected chi connectivity index (χ3v) is 4.44. The largest absolute Gasteiger partial charge is 0.340 e. The zero-order chi connectivity index (χ0) is 19.5. The van der Waals surface area contributed by atoms with E-state index in [9.17, 15) is 4.79 Å². The van der Waals surface area contributed by atoms with Gasteiger partial charge < -0.3 is 10.6 Å². The van der Waals surface area contributed by atoms with E-state index in [4.69, 9.17) is 11.6 Å². The smallest absolute Gasteiger partial charge is 0.293 e. The predicted octanol–water partition coefficient (Wildman–Crippen LogP) is 5.59. The van der Waals surface area contributed by atoms with Crippen molar-refractivity contribution < 1.29 is 4.79 Å². The summed E-state index contributed by atoms with van der Waals surface area (Å²) in [5, 5.41) is 7.45. The van der Waals surface area contributed by atoms with Crippen molar-refractivity contribution in [3.63, 3.8) is 0 Å². The van der Waals surface area contributed by atoms with Crippen molar-refractivity contribution >= 4 is 45.6 Å². The summed E-state index contributed by atoms with van der Waals surface area (Å²) in [6, 6.07) is 22.5. The fraction of sp³-hybridized carbons (Fsp3) is 0.0455. The van der Waals surface area contributed by atoms with Gasteiger partial charge in [-0.3, -0.25) is 4.79 Å². The number of para-hydroxylation sites is 1. The molecule has 0 radical (unpaired) electrons. The number of amides is 1. The Bertz CT molecular complexity index is 1160. The van der Waals surface area contributed by atoms with Crippen molar-refractivity contribution in [3.8, 4) is 0 Å². The summed E-state index contributed by atoms with van der Waals surface area (Å²) in [6.45, 7) is 2.03. The molecule has 0 aliphatic rings. The number of rotatable bonds is 4. The van der Waals surface area contributed by atoms with Crippen LogP contribution in [0.5, 0.6) is 0 Å². The molecule has 1 aromatic heterocycles. The molecule has 0 bridgehead atoms. The normalized spacial score (nSPS) is 10.6. The molecule has 0 fully saturated rings. The molecule has 138 valence electrons. The van der Waals surface area contributed by atoms with Crippen LogP contribution < -0.4 is 10.6 Å². The summed E-state index contributed by atoms with van der Waals surface area (Å²) >= 11 is 5.99. The maximum atomic E-state index is 12.7. The summed E-state index contributed by atoms with van der Waals surface area (Å²) in [7, 11) is 0. The number of aromatic nitrogens is 2. The molecule has 0 saturated carbocycles. The van der Waals surface area contributed by atoms with Crippen molar-refractivity contribution in [1.82, 2.24) is 9.97 Å². The predicted molar refractivity (Wildman–Crippen MR) is 113 cm³/mol. The van der Waals surface area contributed by atoms with Crippen molar-refractivity contribution in [1.29, 1.82) is 0 Å². The fourth-order valence-corrected chi connectivity index (χ4v) is 2.99. The molecule has 4 aromatic rings. The summed E-state index contributed by atoms with van der Waals surface area (Å²) in [4.78, 5) is 21.6. The van der Waals surface area contributed by atoms with Crippen LogP contribution in [0, 0.1) is 6.92 Å². The Labute approximate surface area is 167 Å². The molecule has 1 heterocycles.